The predicted molar refractivity (Wildman–Crippen MR) is 64.0 cm³/mol. The number of nitrogens with two attached hydrogens (primary N) is 1. The van der Waals surface area contributed by atoms with Crippen molar-refractivity contribution >= 4 is 11.6 Å². The van der Waals surface area contributed by atoms with Crippen molar-refractivity contribution in [3.8, 4) is 0 Å². The first-order valence-electron chi connectivity index (χ1n) is 5.61. The second kappa shape index (κ2) is 5.13. The van der Waals surface area contributed by atoms with Crippen LogP contribution in [0.3, 0.4) is 0 Å². The molecule has 1 unspecified atom stereocenters. The van der Waals surface area contributed by atoms with Crippen LogP contribution >= 0.6 is 11.6 Å². The molecule has 0 spiro atoms. The zero-order valence-corrected chi connectivity index (χ0v) is 9.88. The van der Waals surface area contributed by atoms with Gasteiger partial charge in [-0.3, -0.25) is 4.90 Å². The number of rotatable bonds is 3. The average molecular weight is 243 g/mol. The fourth-order valence-corrected chi connectivity index (χ4v) is 2.46. The lowest BCUT2D eigenvalue weighted by atomic mass is 10.1. The molecule has 2 nitrogen and oxygen atoms in total. The van der Waals surface area contributed by atoms with E-state index in [-0.39, 0.29) is 11.9 Å². The van der Waals surface area contributed by atoms with Gasteiger partial charge in [-0.15, -0.1) is 0 Å². The van der Waals surface area contributed by atoms with Gasteiger partial charge in [0.15, 0.2) is 0 Å². The molecule has 1 aromatic carbocycles. The molecular weight excluding hydrogens is 227 g/mol. The normalized spacial score (nSPS) is 18.9. The third-order valence-corrected chi connectivity index (χ3v) is 3.36. The van der Waals surface area contributed by atoms with E-state index >= 15 is 0 Å². The summed E-state index contributed by atoms with van der Waals surface area (Å²) >= 11 is 5.74. The lowest BCUT2D eigenvalue weighted by molar-refractivity contribution is 0.246. The van der Waals surface area contributed by atoms with Crippen LogP contribution < -0.4 is 5.73 Å². The SMILES string of the molecule is NCC(c1ccc(Cl)cc1F)N1CCCC1. The van der Waals surface area contributed by atoms with Crippen LogP contribution in [-0.4, -0.2) is 24.5 Å². The van der Waals surface area contributed by atoms with Gasteiger partial charge in [0.25, 0.3) is 0 Å². The van der Waals surface area contributed by atoms with Gasteiger partial charge in [-0.2, -0.15) is 0 Å². The van der Waals surface area contributed by atoms with Crippen LogP contribution in [0.5, 0.6) is 0 Å². The van der Waals surface area contributed by atoms with E-state index in [0.717, 1.165) is 13.1 Å². The number of halogens is 2. The topological polar surface area (TPSA) is 29.3 Å². The van der Waals surface area contributed by atoms with Crippen molar-refractivity contribution in [3.63, 3.8) is 0 Å². The summed E-state index contributed by atoms with van der Waals surface area (Å²) in [6.45, 7) is 2.45. The molecule has 0 bridgehead atoms. The third kappa shape index (κ3) is 2.37. The molecule has 0 aliphatic carbocycles. The molecule has 1 fully saturated rings. The summed E-state index contributed by atoms with van der Waals surface area (Å²) in [6.07, 6.45) is 2.34. The van der Waals surface area contributed by atoms with Crippen molar-refractivity contribution in [2.75, 3.05) is 19.6 Å². The molecule has 1 heterocycles. The maximum atomic E-state index is 13.8. The first-order valence-corrected chi connectivity index (χ1v) is 5.99. The zero-order chi connectivity index (χ0) is 11.5. The predicted octanol–water partition coefficient (Wildman–Crippen LogP) is 2.57. The average Bonchev–Trinajstić information content (AvgIpc) is 2.75. The quantitative estimate of drug-likeness (QED) is 0.883. The fourth-order valence-electron chi connectivity index (χ4n) is 2.30. The van der Waals surface area contributed by atoms with E-state index in [1.807, 2.05) is 0 Å². The van der Waals surface area contributed by atoms with Crippen molar-refractivity contribution in [2.45, 2.75) is 18.9 Å². The minimum absolute atomic E-state index is 0.0141. The van der Waals surface area contributed by atoms with Crippen LogP contribution in [0, 0.1) is 5.82 Å². The minimum Gasteiger partial charge on any atom is -0.329 e. The minimum atomic E-state index is -0.255. The molecule has 1 saturated heterocycles. The maximum Gasteiger partial charge on any atom is 0.129 e. The van der Waals surface area contributed by atoms with E-state index < -0.39 is 0 Å². The molecule has 1 aliphatic heterocycles. The summed E-state index contributed by atoms with van der Waals surface area (Å²) in [4.78, 5) is 2.24. The molecular formula is C12H16ClFN2. The lowest BCUT2D eigenvalue weighted by Gasteiger charge is -2.26. The highest BCUT2D eigenvalue weighted by Crippen LogP contribution is 2.27. The Morgan fingerprint density at radius 3 is 2.62 bits per heavy atom. The maximum absolute atomic E-state index is 13.8. The highest BCUT2D eigenvalue weighted by atomic mass is 35.5. The molecule has 0 aromatic heterocycles. The van der Waals surface area contributed by atoms with E-state index in [1.165, 1.54) is 18.9 Å². The van der Waals surface area contributed by atoms with Crippen LogP contribution in [0.15, 0.2) is 18.2 Å². The highest BCUT2D eigenvalue weighted by Gasteiger charge is 2.24. The summed E-state index contributed by atoms with van der Waals surface area (Å²) < 4.78 is 13.8. The van der Waals surface area contributed by atoms with E-state index in [9.17, 15) is 4.39 Å². The second-order valence-electron chi connectivity index (χ2n) is 4.16. The van der Waals surface area contributed by atoms with Gasteiger partial charge in [-0.1, -0.05) is 17.7 Å². The van der Waals surface area contributed by atoms with E-state index in [2.05, 4.69) is 4.90 Å². The van der Waals surface area contributed by atoms with Gasteiger partial charge < -0.3 is 5.73 Å². The molecule has 1 aliphatic rings. The van der Waals surface area contributed by atoms with Gasteiger partial charge in [0.1, 0.15) is 5.82 Å². The Morgan fingerprint density at radius 1 is 1.38 bits per heavy atom. The number of benzene rings is 1. The van der Waals surface area contributed by atoms with Crippen LogP contribution in [0.2, 0.25) is 5.02 Å². The van der Waals surface area contributed by atoms with Gasteiger partial charge >= 0.3 is 0 Å². The van der Waals surface area contributed by atoms with Crippen molar-refractivity contribution in [2.24, 2.45) is 5.73 Å². The van der Waals surface area contributed by atoms with Gasteiger partial charge in [0.2, 0.25) is 0 Å². The smallest absolute Gasteiger partial charge is 0.129 e. The molecule has 0 saturated carbocycles. The fraction of sp³-hybridized carbons (Fsp3) is 0.500. The van der Waals surface area contributed by atoms with Crippen molar-refractivity contribution in [1.29, 1.82) is 0 Å². The van der Waals surface area contributed by atoms with Gasteiger partial charge in [0.05, 0.1) is 0 Å². The van der Waals surface area contributed by atoms with Crippen LogP contribution in [0.1, 0.15) is 24.4 Å². The highest BCUT2D eigenvalue weighted by molar-refractivity contribution is 6.30. The second-order valence-corrected chi connectivity index (χ2v) is 4.60. The van der Waals surface area contributed by atoms with Crippen molar-refractivity contribution < 1.29 is 4.39 Å². The number of likely N-dealkylation sites (tertiary alicyclic amines) is 1. The Morgan fingerprint density at radius 2 is 2.06 bits per heavy atom. The number of hydrogen-bond donors (Lipinski definition) is 1. The molecule has 1 atom stereocenters. The molecule has 2 rings (SSSR count). The lowest BCUT2D eigenvalue weighted by Crippen LogP contribution is -2.32. The Bertz CT molecular complexity index is 364. The molecule has 88 valence electrons. The molecule has 0 radical (unpaired) electrons. The Hall–Kier alpha value is -0.640. The van der Waals surface area contributed by atoms with Crippen LogP contribution in [0.4, 0.5) is 4.39 Å². The molecule has 16 heavy (non-hydrogen) atoms. The van der Waals surface area contributed by atoms with Crippen LogP contribution in [0.25, 0.3) is 0 Å². The zero-order valence-electron chi connectivity index (χ0n) is 9.13. The summed E-state index contributed by atoms with van der Waals surface area (Å²) in [7, 11) is 0. The number of nitrogens with zero attached hydrogens (tertiary/aromatic N) is 1. The standard InChI is InChI=1S/C12H16ClFN2/c13-9-3-4-10(11(14)7-9)12(8-15)16-5-1-2-6-16/h3-4,7,12H,1-2,5-6,8,15H2. The van der Waals surface area contributed by atoms with Gasteiger partial charge in [0, 0.05) is 23.2 Å². The van der Waals surface area contributed by atoms with E-state index in [4.69, 9.17) is 17.3 Å². The van der Waals surface area contributed by atoms with Gasteiger partial charge in [-0.05, 0) is 38.1 Å². The van der Waals surface area contributed by atoms with E-state index in [1.54, 1.807) is 12.1 Å². The van der Waals surface area contributed by atoms with E-state index in [0.29, 0.717) is 17.1 Å². The molecule has 4 heteroatoms. The Labute approximate surface area is 100 Å². The first-order chi connectivity index (χ1) is 7.72. The molecule has 1 aromatic rings. The summed E-state index contributed by atoms with van der Waals surface area (Å²) in [6, 6.07) is 4.81. The van der Waals surface area contributed by atoms with Crippen molar-refractivity contribution in [1.82, 2.24) is 4.90 Å². The summed E-state index contributed by atoms with van der Waals surface area (Å²) in [5.74, 6) is -0.255. The Kier molecular flexibility index (Phi) is 3.79. The first kappa shape index (κ1) is 11.8. The van der Waals surface area contributed by atoms with Crippen LogP contribution in [-0.2, 0) is 0 Å². The largest absolute Gasteiger partial charge is 0.329 e. The summed E-state index contributed by atoms with van der Waals surface area (Å²) in [5.41, 5.74) is 6.41. The third-order valence-electron chi connectivity index (χ3n) is 3.13. The molecule has 2 N–H and O–H groups in total. The summed E-state index contributed by atoms with van der Waals surface area (Å²) in [5, 5.41) is 0.429. The Balaban J connectivity index is 2.25. The van der Waals surface area contributed by atoms with Gasteiger partial charge in [-0.25, -0.2) is 4.39 Å². The van der Waals surface area contributed by atoms with Crippen molar-refractivity contribution in [3.05, 3.63) is 34.6 Å². The monoisotopic (exact) mass is 242 g/mol. The number of hydrogen-bond acceptors (Lipinski definition) is 2. The molecule has 0 amide bonds.